The molecule has 0 bridgehead atoms. The van der Waals surface area contributed by atoms with Gasteiger partial charge in [0.2, 0.25) is 11.6 Å². The largest absolute Gasteiger partial charge is 0.463 e. The highest BCUT2D eigenvalue weighted by Crippen LogP contribution is 2.34. The zero-order valence-corrected chi connectivity index (χ0v) is 29.1. The van der Waals surface area contributed by atoms with E-state index in [4.69, 9.17) is 50.4 Å². The van der Waals surface area contributed by atoms with Gasteiger partial charge in [-0.25, -0.2) is 9.59 Å². The van der Waals surface area contributed by atoms with E-state index in [0.29, 0.717) is 0 Å². The van der Waals surface area contributed by atoms with Crippen LogP contribution in [0.4, 0.5) is 9.59 Å². The molecule has 2 aliphatic heterocycles. The molecule has 0 aliphatic carbocycles. The summed E-state index contributed by atoms with van der Waals surface area (Å²) < 4.78 is 155. The highest BCUT2D eigenvalue weighted by molar-refractivity contribution is 9.10. The Morgan fingerprint density at radius 3 is 1.94 bits per heavy atom. The second kappa shape index (κ2) is 16.6. The van der Waals surface area contributed by atoms with E-state index < -0.39 is 108 Å². The molecule has 2 aromatic carbocycles. The van der Waals surface area contributed by atoms with Crippen molar-refractivity contribution in [2.45, 2.75) is 111 Å². The zero-order chi connectivity index (χ0) is 49.8. The summed E-state index contributed by atoms with van der Waals surface area (Å²) in [6, 6.07) is -3.37. The van der Waals surface area contributed by atoms with Crippen molar-refractivity contribution in [2.75, 3.05) is 13.0 Å². The average Bonchev–Trinajstić information content (AvgIpc) is 3.00. The molecule has 47 heavy (non-hydrogen) atoms. The van der Waals surface area contributed by atoms with Gasteiger partial charge in [-0.2, -0.15) is 0 Å². The van der Waals surface area contributed by atoms with Crippen molar-refractivity contribution in [3.05, 3.63) is 57.4 Å². The summed E-state index contributed by atoms with van der Waals surface area (Å²) >= 11 is 3.02. The smallest absolute Gasteiger partial charge is 0.408 e. The van der Waals surface area contributed by atoms with E-state index in [0.717, 1.165) is 0 Å². The summed E-state index contributed by atoms with van der Waals surface area (Å²) in [5, 5.41) is 14.1. The molecule has 3 N–H and O–H groups in total. The summed E-state index contributed by atoms with van der Waals surface area (Å²) in [6.07, 6.45) is -7.38. The minimum Gasteiger partial charge on any atom is -0.463 e. The van der Waals surface area contributed by atoms with Crippen molar-refractivity contribution in [2.24, 2.45) is 0 Å². The van der Waals surface area contributed by atoms with Crippen molar-refractivity contribution in [3.8, 4) is 11.5 Å². The van der Waals surface area contributed by atoms with Crippen LogP contribution in [0.2, 0.25) is 0 Å². The average molecular weight is 742 g/mol. The van der Waals surface area contributed by atoms with E-state index in [1.54, 1.807) is 31.4 Å². The summed E-state index contributed by atoms with van der Waals surface area (Å²) in [7, 11) is 0. The van der Waals surface area contributed by atoms with Crippen molar-refractivity contribution in [3.63, 3.8) is 0 Å². The zero-order valence-electron chi connectivity index (χ0n) is 43.5. The number of aliphatic hydroxyl groups is 1. The van der Waals surface area contributed by atoms with Gasteiger partial charge in [0.15, 0.2) is 0 Å². The van der Waals surface area contributed by atoms with Crippen LogP contribution < -0.4 is 20.1 Å². The SMILES string of the molecule is [2H]C(=O)C([2H])([2H])NC(=O)OC(C)(C)C.[2H]c1c([2H])c(C([2H])(O)C([2H])([2H])NC(=O)OC(C)(C)C)c([2H])c2c1OC(C)(C)OC2([2H])[2H].[2H]c1c([2H])c2c(c([2H])c1Br)C([2H])([2H])OC(C)(C)O2. The number of nitrogens with one attached hydrogen (secondary N) is 2. The first kappa shape index (κ1) is 21.6. The number of amides is 2. The summed E-state index contributed by atoms with van der Waals surface area (Å²) in [5.41, 5.74) is -3.67. The lowest BCUT2D eigenvalue weighted by Crippen LogP contribution is -2.36. The Bertz CT molecular complexity index is 2120. The van der Waals surface area contributed by atoms with Crippen LogP contribution >= 0.6 is 15.9 Å². The molecule has 1 unspecified atom stereocenters. The van der Waals surface area contributed by atoms with Crippen LogP contribution in [0.25, 0.3) is 0 Å². The van der Waals surface area contributed by atoms with Gasteiger partial charge in [0.1, 0.15) is 30.3 Å². The molecule has 2 amide bonds. The van der Waals surface area contributed by atoms with Gasteiger partial charge in [-0.3, -0.25) is 0 Å². The third-order valence-corrected chi connectivity index (χ3v) is 4.95. The van der Waals surface area contributed by atoms with Gasteiger partial charge in [0.05, 0.1) is 52.8 Å². The van der Waals surface area contributed by atoms with Crippen molar-refractivity contribution < 1.29 is 69.8 Å². The molecular weight excluding hydrogens is 676 g/mol. The second-order valence-corrected chi connectivity index (χ2v) is 13.0. The summed E-state index contributed by atoms with van der Waals surface area (Å²) in [5.74, 6) is -3.39. The number of ether oxygens (including phenoxy) is 6. The molecule has 13 heteroatoms. The monoisotopic (exact) mass is 740 g/mol. The maximum absolute atomic E-state index is 12.0. The third-order valence-electron chi connectivity index (χ3n) is 4.55. The number of hydrogen-bond donors (Lipinski definition) is 3. The third kappa shape index (κ3) is 15.4. The maximum atomic E-state index is 12.0. The van der Waals surface area contributed by atoms with Gasteiger partial charge in [0, 0.05) is 43.3 Å². The summed E-state index contributed by atoms with van der Waals surface area (Å²) in [4.78, 5) is 33.4. The first-order chi connectivity index (χ1) is 27.7. The topological polar surface area (TPSA) is 151 Å². The number of rotatable bonds is 5. The highest BCUT2D eigenvalue weighted by atomic mass is 79.9. The number of aldehydes is 1. The lowest BCUT2D eigenvalue weighted by atomic mass is 10.0. The van der Waals surface area contributed by atoms with E-state index >= 15 is 0 Å². The van der Waals surface area contributed by atoms with Crippen LogP contribution in [-0.4, -0.2) is 59.3 Å². The van der Waals surface area contributed by atoms with Gasteiger partial charge in [-0.05, 0) is 77.3 Å². The molecule has 0 fully saturated rings. The van der Waals surface area contributed by atoms with E-state index in [-0.39, 0.29) is 33.9 Å². The fourth-order valence-electron chi connectivity index (χ4n) is 2.92. The van der Waals surface area contributed by atoms with Crippen LogP contribution in [0, 0.1) is 0 Å². The Morgan fingerprint density at radius 1 is 0.979 bits per heavy atom. The van der Waals surface area contributed by atoms with Crippen molar-refractivity contribution in [1.82, 2.24) is 10.6 Å². The molecule has 0 aromatic heterocycles. The van der Waals surface area contributed by atoms with E-state index in [2.05, 4.69) is 15.9 Å². The lowest BCUT2D eigenvalue weighted by molar-refractivity contribution is -0.180. The molecule has 262 valence electrons. The van der Waals surface area contributed by atoms with Gasteiger partial charge in [0.25, 0.3) is 0 Å². The minimum atomic E-state index is -3.48. The highest BCUT2D eigenvalue weighted by Gasteiger charge is 2.28. The van der Waals surface area contributed by atoms with Gasteiger partial charge in [-0.15, -0.1) is 0 Å². The van der Waals surface area contributed by atoms with Crippen LogP contribution in [-0.2, 0) is 36.9 Å². The predicted molar refractivity (Wildman–Crippen MR) is 179 cm³/mol. The molecule has 12 nitrogen and oxygen atoms in total. The fraction of sp³-hybridized carbons (Fsp3) is 0.559. The molecule has 0 saturated heterocycles. The Kier molecular flexibility index (Phi) is 7.63. The Hall–Kier alpha value is -3.39. The molecule has 2 aliphatic rings. The molecule has 0 radical (unpaired) electrons. The van der Waals surface area contributed by atoms with Gasteiger partial charge < -0.3 is 49.0 Å². The van der Waals surface area contributed by atoms with Crippen molar-refractivity contribution >= 4 is 34.4 Å². The molecule has 4 rings (SSSR count). The van der Waals surface area contributed by atoms with E-state index in [1.807, 2.05) is 0 Å². The first-order valence-corrected chi connectivity index (χ1v) is 14.5. The number of halogens is 1. The van der Waals surface area contributed by atoms with Gasteiger partial charge in [-0.1, -0.05) is 22.0 Å². The molecule has 2 heterocycles. The van der Waals surface area contributed by atoms with E-state index in [9.17, 15) is 19.5 Å². The maximum Gasteiger partial charge on any atom is 0.408 e. The molecule has 0 saturated carbocycles. The molecule has 2 aromatic rings. The molecular formula is C34H49BrN2O10. The number of fused-ring (bicyclic) bond motifs is 2. The van der Waals surface area contributed by atoms with Gasteiger partial charge >= 0.3 is 12.2 Å². The Balaban J connectivity index is 0.000000360. The number of carbonyl (C=O) groups excluding carboxylic acids is 3. The Morgan fingerprint density at radius 2 is 1.45 bits per heavy atom. The number of carbonyl (C=O) groups is 3. The van der Waals surface area contributed by atoms with Crippen LogP contribution in [0.5, 0.6) is 11.5 Å². The number of hydrogen-bond acceptors (Lipinski definition) is 10. The standard InChI is InChI=1S/C17H25NO5.C10H11BrO2.C7H13NO3/c1-16(2,3)23-15(20)18-9-13(19)11-6-7-14-12(8-11)10-21-17(4,5)22-14;1-10(2)12-6-7-5-8(11)3-4-9(7)13-10;1-7(2,3)11-6(10)8-4-5-9/h6-8,13,19H,9-10H2,1-5H3,(H,18,20);3-5H,6H2,1-2H3;5H,4H2,1-3H3,(H,8,10)/i6D,7D,8D,9D2,10D2,13D;3D,4D,5D,6D2;4D2,5D. The predicted octanol–water partition coefficient (Wildman–Crippen LogP) is 6.69. The summed E-state index contributed by atoms with van der Waals surface area (Å²) in [6.45, 7) is 4.14. The lowest BCUT2D eigenvalue weighted by Gasteiger charge is -2.33. The van der Waals surface area contributed by atoms with Crippen LogP contribution in [0.1, 0.15) is 114 Å². The van der Waals surface area contributed by atoms with Crippen LogP contribution in [0.15, 0.2) is 40.7 Å². The Labute approximate surface area is 308 Å². The molecule has 0 spiro atoms. The normalized spacial score (nSPS) is 24.7. The quantitative estimate of drug-likeness (QED) is 0.283. The second-order valence-electron chi connectivity index (χ2n) is 12.2. The fourth-order valence-corrected chi connectivity index (χ4v) is 3.22. The molecule has 1 atom stereocenters. The minimum absolute atomic E-state index is 0.0574. The van der Waals surface area contributed by atoms with Crippen molar-refractivity contribution in [1.29, 1.82) is 0 Å². The van der Waals surface area contributed by atoms with E-state index in [1.165, 1.54) is 48.5 Å². The number of benzene rings is 2. The number of alkyl carbamates (subject to hydrolysis) is 2. The van der Waals surface area contributed by atoms with Crippen LogP contribution in [0.3, 0.4) is 0 Å². The first-order valence-electron chi connectivity index (χ1n) is 21.7.